The fourth-order valence-corrected chi connectivity index (χ4v) is 4.68. The lowest BCUT2D eigenvalue weighted by Crippen LogP contribution is -2.76. The van der Waals surface area contributed by atoms with Crippen LogP contribution in [-0.2, 0) is 32.3 Å². The van der Waals surface area contributed by atoms with Crippen LogP contribution in [0, 0.1) is 11.6 Å². The number of aliphatic carboxylic acids is 1. The van der Waals surface area contributed by atoms with E-state index in [1.807, 2.05) is 0 Å². The molecule has 2 aromatic rings. The van der Waals surface area contributed by atoms with E-state index in [4.69, 9.17) is 4.74 Å². The predicted molar refractivity (Wildman–Crippen MR) is 132 cm³/mol. The van der Waals surface area contributed by atoms with Gasteiger partial charge in [0.25, 0.3) is 0 Å². The molecule has 2 aliphatic heterocycles. The van der Waals surface area contributed by atoms with Crippen molar-refractivity contribution in [3.63, 3.8) is 0 Å². The van der Waals surface area contributed by atoms with Crippen LogP contribution in [0.2, 0.25) is 0 Å². The molecule has 11 nitrogen and oxygen atoms in total. The number of carbonyl (C=O) groups excluding carboxylic acids is 3. The first-order valence-corrected chi connectivity index (χ1v) is 12.3. The van der Waals surface area contributed by atoms with Gasteiger partial charge in [0.1, 0.15) is 23.8 Å². The van der Waals surface area contributed by atoms with Crippen molar-refractivity contribution in [3.05, 3.63) is 71.3 Å². The number of halogens is 2. The highest BCUT2D eigenvalue weighted by molar-refractivity contribution is 5.93. The highest BCUT2D eigenvalue weighted by Gasteiger charge is 2.51. The second-order valence-electron chi connectivity index (χ2n) is 9.30. The normalized spacial score (nSPS) is 19.7. The Labute approximate surface area is 223 Å². The number of nitrogens with one attached hydrogen (secondary N) is 1. The van der Waals surface area contributed by atoms with Gasteiger partial charge in [-0.25, -0.2) is 23.6 Å². The molecule has 39 heavy (non-hydrogen) atoms. The molecule has 0 radical (unpaired) electrons. The van der Waals surface area contributed by atoms with Gasteiger partial charge < -0.3 is 25.0 Å². The van der Waals surface area contributed by atoms with Gasteiger partial charge in [0, 0.05) is 20.1 Å². The molecule has 4 rings (SSSR count). The van der Waals surface area contributed by atoms with Crippen LogP contribution in [-0.4, -0.2) is 94.2 Å². The fourth-order valence-electron chi connectivity index (χ4n) is 4.68. The molecule has 0 bridgehead atoms. The van der Waals surface area contributed by atoms with E-state index in [-0.39, 0.29) is 45.2 Å². The Morgan fingerprint density at radius 2 is 1.64 bits per heavy atom. The van der Waals surface area contributed by atoms with Gasteiger partial charge in [0.2, 0.25) is 11.8 Å². The summed E-state index contributed by atoms with van der Waals surface area (Å²) >= 11 is 0. The Bertz CT molecular complexity index is 1210. The molecule has 0 spiro atoms. The minimum Gasteiger partial charge on any atom is -0.481 e. The number of nitrogens with zero attached hydrogens (tertiary/aromatic N) is 4. The van der Waals surface area contributed by atoms with Crippen molar-refractivity contribution >= 4 is 23.8 Å². The molecular formula is C26H29F2N5O6. The molecule has 0 aromatic heterocycles. The monoisotopic (exact) mass is 545 g/mol. The van der Waals surface area contributed by atoms with E-state index in [1.54, 1.807) is 19.2 Å². The summed E-state index contributed by atoms with van der Waals surface area (Å²) < 4.78 is 32.0. The maximum absolute atomic E-state index is 13.3. The Morgan fingerprint density at radius 3 is 2.26 bits per heavy atom. The van der Waals surface area contributed by atoms with Gasteiger partial charge in [0.05, 0.1) is 32.7 Å². The average Bonchev–Trinajstić information content (AvgIpc) is 2.89. The molecule has 0 unspecified atom stereocenters. The van der Waals surface area contributed by atoms with E-state index in [1.165, 1.54) is 56.2 Å². The predicted octanol–water partition coefficient (Wildman–Crippen LogP) is 1.39. The molecule has 0 aliphatic carbocycles. The van der Waals surface area contributed by atoms with Crippen molar-refractivity contribution in [2.45, 2.75) is 31.8 Å². The third-order valence-electron chi connectivity index (χ3n) is 6.56. The number of hydrogen-bond acceptors (Lipinski definition) is 6. The van der Waals surface area contributed by atoms with E-state index in [9.17, 15) is 33.1 Å². The number of hydrogen-bond donors (Lipinski definition) is 2. The molecule has 0 saturated carbocycles. The number of ether oxygens (including phenoxy) is 1. The van der Waals surface area contributed by atoms with Gasteiger partial charge in [-0.15, -0.1) is 0 Å². The Hall–Kier alpha value is -4.10. The van der Waals surface area contributed by atoms with Crippen molar-refractivity contribution in [3.8, 4) is 0 Å². The Balaban J connectivity index is 1.48. The molecule has 2 aromatic carbocycles. The number of urea groups is 1. The first kappa shape index (κ1) is 27.9. The summed E-state index contributed by atoms with van der Waals surface area (Å²) in [5.74, 6) is -3.07. The fraction of sp³-hybridized carbons (Fsp3) is 0.385. The highest BCUT2D eigenvalue weighted by Crippen LogP contribution is 2.27. The molecule has 2 fully saturated rings. The van der Waals surface area contributed by atoms with Crippen molar-refractivity contribution in [2.24, 2.45) is 0 Å². The zero-order valence-corrected chi connectivity index (χ0v) is 21.3. The van der Waals surface area contributed by atoms with Crippen LogP contribution in [0.15, 0.2) is 48.5 Å². The number of rotatable bonds is 9. The lowest BCUT2D eigenvalue weighted by atomic mass is 10.0. The third-order valence-corrected chi connectivity index (χ3v) is 6.56. The summed E-state index contributed by atoms with van der Waals surface area (Å²) in [6, 6.07) is 9.51. The molecule has 2 N–H and O–H groups in total. The minimum absolute atomic E-state index is 0.0606. The van der Waals surface area contributed by atoms with Crippen LogP contribution in [0.4, 0.5) is 13.6 Å². The van der Waals surface area contributed by atoms with E-state index in [0.717, 1.165) is 5.56 Å². The summed E-state index contributed by atoms with van der Waals surface area (Å²) in [7, 11) is 1.55. The number of hydrazine groups is 1. The summed E-state index contributed by atoms with van der Waals surface area (Å²) in [6.45, 7) is 0.150. The third kappa shape index (κ3) is 6.67. The molecule has 2 atom stereocenters. The molecule has 13 heteroatoms. The van der Waals surface area contributed by atoms with Crippen LogP contribution >= 0.6 is 0 Å². The average molecular weight is 546 g/mol. The smallest absolute Gasteiger partial charge is 0.334 e. The molecule has 2 saturated heterocycles. The number of benzene rings is 2. The maximum atomic E-state index is 13.3. The van der Waals surface area contributed by atoms with Gasteiger partial charge in [-0.2, -0.15) is 0 Å². The lowest BCUT2D eigenvalue weighted by molar-refractivity contribution is -0.189. The van der Waals surface area contributed by atoms with Crippen LogP contribution in [0.5, 0.6) is 0 Å². The number of carboxylic acids is 1. The highest BCUT2D eigenvalue weighted by atomic mass is 19.1. The second-order valence-corrected chi connectivity index (χ2v) is 9.30. The van der Waals surface area contributed by atoms with Gasteiger partial charge >= 0.3 is 12.0 Å². The number of carboxylic acid groups (broad SMARTS) is 1. The number of amides is 4. The Kier molecular flexibility index (Phi) is 8.72. The van der Waals surface area contributed by atoms with Crippen molar-refractivity contribution in [1.82, 2.24) is 25.1 Å². The Morgan fingerprint density at radius 1 is 1.03 bits per heavy atom. The van der Waals surface area contributed by atoms with Crippen molar-refractivity contribution < 1.29 is 37.8 Å². The summed E-state index contributed by atoms with van der Waals surface area (Å²) in [4.78, 5) is 53.7. The summed E-state index contributed by atoms with van der Waals surface area (Å²) in [6.07, 6.45) is -1.58. The van der Waals surface area contributed by atoms with Gasteiger partial charge in [-0.3, -0.25) is 14.4 Å². The maximum Gasteiger partial charge on any atom is 0.334 e. The van der Waals surface area contributed by atoms with E-state index < -0.39 is 48.3 Å². The minimum atomic E-state index is -1.30. The first-order valence-electron chi connectivity index (χ1n) is 12.3. The molecule has 2 heterocycles. The summed E-state index contributed by atoms with van der Waals surface area (Å²) in [5, 5.41) is 14.9. The second kappa shape index (κ2) is 12.2. The molecule has 208 valence electrons. The number of likely N-dealkylation sites (N-methyl/N-ethyl adjacent to an activating group) is 1. The largest absolute Gasteiger partial charge is 0.481 e. The molecule has 2 aliphatic rings. The zero-order valence-electron chi connectivity index (χ0n) is 21.3. The topological polar surface area (TPSA) is 123 Å². The van der Waals surface area contributed by atoms with Crippen LogP contribution in [0.1, 0.15) is 17.5 Å². The zero-order chi connectivity index (χ0) is 28.1. The van der Waals surface area contributed by atoms with Crippen molar-refractivity contribution in [1.29, 1.82) is 0 Å². The van der Waals surface area contributed by atoms with Crippen LogP contribution < -0.4 is 5.32 Å². The van der Waals surface area contributed by atoms with Gasteiger partial charge in [0.15, 0.2) is 0 Å². The van der Waals surface area contributed by atoms with Crippen LogP contribution in [0.25, 0.3) is 0 Å². The SMILES string of the molecule is CN1CC(=O)N2[C@@H](CC(=O)O)C(=O)N(CCOCc3ccc(F)cc3)C[C@@H]2N1C(=O)NCc1ccc(F)cc1. The van der Waals surface area contributed by atoms with Crippen molar-refractivity contribution in [2.75, 3.05) is 33.3 Å². The number of carbonyl (C=O) groups is 4. The van der Waals surface area contributed by atoms with E-state index in [0.29, 0.717) is 5.56 Å². The number of piperazine rings is 1. The molecule has 4 amide bonds. The van der Waals surface area contributed by atoms with E-state index in [2.05, 4.69) is 5.32 Å². The van der Waals surface area contributed by atoms with Crippen LogP contribution in [0.3, 0.4) is 0 Å². The quantitative estimate of drug-likeness (QED) is 0.457. The lowest BCUT2D eigenvalue weighted by Gasteiger charge is -2.54. The van der Waals surface area contributed by atoms with Gasteiger partial charge in [-0.1, -0.05) is 24.3 Å². The number of fused-ring (bicyclic) bond motifs is 1. The first-order chi connectivity index (χ1) is 18.6. The van der Waals surface area contributed by atoms with E-state index >= 15 is 0 Å². The molecular weight excluding hydrogens is 516 g/mol. The summed E-state index contributed by atoms with van der Waals surface area (Å²) in [5.41, 5.74) is 1.39. The van der Waals surface area contributed by atoms with Gasteiger partial charge in [-0.05, 0) is 35.4 Å². The standard InChI is InChI=1S/C26H29F2N5O6/c1-30-15-23(34)32-21(12-24(35)36)25(37)31(10-11-39-16-18-4-8-20(28)9-5-18)14-22(32)33(30)26(38)29-13-17-2-6-19(27)7-3-17/h2-9,21-22H,10-16H2,1H3,(H,29,38)(H,35,36)/t21-,22-/m0/s1.